The quantitative estimate of drug-likeness (QED) is 0.429. The molecule has 10 heteroatoms. The van der Waals surface area contributed by atoms with Crippen molar-refractivity contribution in [2.24, 2.45) is 0 Å². The number of rotatable bonds is 4. The maximum Gasteiger partial charge on any atom is 0.331 e. The minimum atomic E-state index is -0.397. The van der Waals surface area contributed by atoms with Crippen LogP contribution in [0.4, 0.5) is 21.9 Å². The third-order valence-electron chi connectivity index (χ3n) is 5.95. The number of nitrogens with one attached hydrogen (secondary N) is 1. The summed E-state index contributed by atoms with van der Waals surface area (Å²) in [6.45, 7) is 3.17. The van der Waals surface area contributed by atoms with Crippen LogP contribution in [-0.4, -0.2) is 59.8 Å². The number of carbonyl (C=O) groups excluding carboxylic acids is 2. The Bertz CT molecular complexity index is 1360. The van der Waals surface area contributed by atoms with Gasteiger partial charge in [-0.3, -0.25) is 9.36 Å². The number of anilines is 3. The molecular weight excluding hydrogens is 468 g/mol. The normalized spacial score (nSPS) is 13.6. The molecule has 2 aromatic carbocycles. The second kappa shape index (κ2) is 9.73. The second-order valence-corrected chi connectivity index (χ2v) is 8.43. The van der Waals surface area contributed by atoms with Crippen LogP contribution in [-0.2, 0) is 4.74 Å². The Morgan fingerprint density at radius 3 is 2.43 bits per heavy atom. The number of nitrogens with zero attached hydrogens (tertiary/aromatic N) is 5. The lowest BCUT2D eigenvalue weighted by molar-refractivity contribution is 0.0993. The molecule has 9 nitrogen and oxygen atoms in total. The molecule has 1 N–H and O–H groups in total. The van der Waals surface area contributed by atoms with Gasteiger partial charge in [0.2, 0.25) is 0 Å². The third-order valence-corrected chi connectivity index (χ3v) is 6.25. The van der Waals surface area contributed by atoms with E-state index in [4.69, 9.17) is 16.3 Å². The number of amides is 2. The zero-order valence-electron chi connectivity index (χ0n) is 19.0. The summed E-state index contributed by atoms with van der Waals surface area (Å²) < 4.78 is 6.76. The van der Waals surface area contributed by atoms with E-state index in [-0.39, 0.29) is 11.1 Å². The molecule has 0 aliphatic carbocycles. The predicted molar refractivity (Wildman–Crippen MR) is 136 cm³/mol. The fraction of sp³-hybridized carbons (Fsp3) is 0.200. The molecule has 1 saturated heterocycles. The van der Waals surface area contributed by atoms with Crippen LogP contribution in [0.25, 0.3) is 11.0 Å². The maximum atomic E-state index is 13.0. The fourth-order valence-corrected chi connectivity index (χ4v) is 4.17. The molecule has 0 atom stereocenters. The average molecular weight is 491 g/mol. The Labute approximate surface area is 206 Å². The lowest BCUT2D eigenvalue weighted by atomic mass is 10.1. The zero-order chi connectivity index (χ0) is 24.4. The molecule has 178 valence electrons. The Kier molecular flexibility index (Phi) is 6.35. The molecule has 1 aliphatic heterocycles. The number of benzene rings is 2. The van der Waals surface area contributed by atoms with E-state index in [1.165, 1.54) is 10.9 Å². The molecule has 0 saturated carbocycles. The average Bonchev–Trinajstić information content (AvgIpc) is 3.35. The van der Waals surface area contributed by atoms with E-state index in [9.17, 15) is 9.59 Å². The van der Waals surface area contributed by atoms with Crippen molar-refractivity contribution < 1.29 is 14.3 Å². The first-order chi connectivity index (χ1) is 17.0. The molecule has 1 aliphatic rings. The monoisotopic (exact) mass is 490 g/mol. The first-order valence-electron chi connectivity index (χ1n) is 11.1. The Morgan fingerprint density at radius 1 is 1.00 bits per heavy atom. The highest BCUT2D eigenvalue weighted by Gasteiger charge is 2.17. The highest BCUT2D eigenvalue weighted by molar-refractivity contribution is 6.34. The molecule has 3 heterocycles. The van der Waals surface area contributed by atoms with Gasteiger partial charge >= 0.3 is 6.03 Å². The first-order valence-corrected chi connectivity index (χ1v) is 11.5. The number of halogens is 1. The smallest absolute Gasteiger partial charge is 0.331 e. The van der Waals surface area contributed by atoms with Crippen molar-refractivity contribution in [1.29, 1.82) is 0 Å². The van der Waals surface area contributed by atoms with Gasteiger partial charge in [-0.1, -0.05) is 11.6 Å². The number of fused-ring (bicyclic) bond motifs is 1. The Hall–Kier alpha value is -3.95. The third kappa shape index (κ3) is 4.68. The topological polar surface area (TPSA) is 92.6 Å². The predicted octanol–water partition coefficient (Wildman–Crippen LogP) is 4.28. The first kappa shape index (κ1) is 22.8. The highest BCUT2D eigenvalue weighted by Crippen LogP contribution is 2.23. The van der Waals surface area contributed by atoms with Crippen LogP contribution in [0.2, 0.25) is 5.15 Å². The molecular formula is C25H23ClN6O3. The van der Waals surface area contributed by atoms with Crippen LogP contribution in [0.5, 0.6) is 0 Å². The summed E-state index contributed by atoms with van der Waals surface area (Å²) in [5, 5.41) is 3.67. The van der Waals surface area contributed by atoms with Crippen molar-refractivity contribution in [3.63, 3.8) is 0 Å². The maximum absolute atomic E-state index is 13.0. The van der Waals surface area contributed by atoms with E-state index in [1.807, 2.05) is 24.3 Å². The highest BCUT2D eigenvalue weighted by atomic mass is 35.5. The van der Waals surface area contributed by atoms with Gasteiger partial charge in [-0.15, -0.1) is 0 Å². The molecule has 2 amide bonds. The van der Waals surface area contributed by atoms with Crippen LogP contribution in [0.1, 0.15) is 10.4 Å². The van der Waals surface area contributed by atoms with E-state index < -0.39 is 6.03 Å². The van der Waals surface area contributed by atoms with Gasteiger partial charge in [0.1, 0.15) is 11.5 Å². The van der Waals surface area contributed by atoms with Crippen molar-refractivity contribution >= 4 is 51.6 Å². The summed E-state index contributed by atoms with van der Waals surface area (Å²) >= 11 is 6.06. The van der Waals surface area contributed by atoms with Crippen molar-refractivity contribution in [3.05, 3.63) is 77.8 Å². The van der Waals surface area contributed by atoms with Crippen LogP contribution >= 0.6 is 11.6 Å². The lowest BCUT2D eigenvalue weighted by Gasteiger charge is -2.29. The SMILES string of the molecule is CN(C(=O)c1ccc(NC(=O)n2ccc3c(Cl)ncnc32)cc1)c1ccc(N2CCOCC2)cc1. The van der Waals surface area contributed by atoms with Gasteiger partial charge in [-0.05, 0) is 54.6 Å². The van der Waals surface area contributed by atoms with Crippen molar-refractivity contribution in [1.82, 2.24) is 14.5 Å². The van der Waals surface area contributed by atoms with E-state index in [2.05, 4.69) is 20.2 Å². The van der Waals surface area contributed by atoms with Gasteiger partial charge in [0.25, 0.3) is 5.91 Å². The summed E-state index contributed by atoms with van der Waals surface area (Å²) in [6, 6.07) is 15.9. The molecule has 0 spiro atoms. The van der Waals surface area contributed by atoms with E-state index in [0.717, 1.165) is 37.7 Å². The lowest BCUT2D eigenvalue weighted by Crippen LogP contribution is -2.36. The van der Waals surface area contributed by atoms with Crippen LogP contribution in [0.3, 0.4) is 0 Å². The number of morpholine rings is 1. The summed E-state index contributed by atoms with van der Waals surface area (Å²) in [5.41, 5.74) is 3.38. The van der Waals surface area contributed by atoms with E-state index in [0.29, 0.717) is 22.3 Å². The van der Waals surface area contributed by atoms with Gasteiger partial charge in [0.05, 0.1) is 18.6 Å². The largest absolute Gasteiger partial charge is 0.378 e. The van der Waals surface area contributed by atoms with Gasteiger partial charge < -0.3 is 19.9 Å². The molecule has 4 aromatic rings. The molecule has 35 heavy (non-hydrogen) atoms. The minimum Gasteiger partial charge on any atom is -0.378 e. The zero-order valence-corrected chi connectivity index (χ0v) is 19.8. The summed E-state index contributed by atoms with van der Waals surface area (Å²) in [5.74, 6) is -0.148. The molecule has 0 bridgehead atoms. The molecule has 1 fully saturated rings. The molecule has 0 unspecified atom stereocenters. The van der Waals surface area contributed by atoms with Gasteiger partial charge in [-0.25, -0.2) is 14.8 Å². The number of aromatic nitrogens is 3. The van der Waals surface area contributed by atoms with Gasteiger partial charge in [0, 0.05) is 49.0 Å². The minimum absolute atomic E-state index is 0.148. The Morgan fingerprint density at radius 2 is 1.71 bits per heavy atom. The summed E-state index contributed by atoms with van der Waals surface area (Å²) in [4.78, 5) is 37.6. The number of carbonyl (C=O) groups is 2. The van der Waals surface area contributed by atoms with Crippen LogP contribution < -0.4 is 15.1 Å². The van der Waals surface area contributed by atoms with Crippen molar-refractivity contribution in [2.75, 3.05) is 48.5 Å². The van der Waals surface area contributed by atoms with Crippen molar-refractivity contribution in [2.45, 2.75) is 0 Å². The number of hydrogen-bond acceptors (Lipinski definition) is 6. The van der Waals surface area contributed by atoms with Crippen LogP contribution in [0, 0.1) is 0 Å². The standard InChI is InChI=1S/C25H23ClN6O3/c1-30(19-6-8-20(9-7-19)31-12-14-35-15-13-31)24(33)17-2-4-18(5-3-17)29-25(34)32-11-10-21-22(26)27-16-28-23(21)32/h2-11,16H,12-15H2,1H3,(H,29,34). The summed E-state index contributed by atoms with van der Waals surface area (Å²) in [7, 11) is 1.74. The van der Waals surface area contributed by atoms with Gasteiger partial charge in [0.15, 0.2) is 5.65 Å². The second-order valence-electron chi connectivity index (χ2n) is 8.07. The molecule has 5 rings (SSSR count). The number of ether oxygens (including phenoxy) is 1. The molecule has 2 aromatic heterocycles. The van der Waals surface area contributed by atoms with Crippen molar-refractivity contribution in [3.8, 4) is 0 Å². The fourth-order valence-electron chi connectivity index (χ4n) is 3.98. The van der Waals surface area contributed by atoms with E-state index in [1.54, 1.807) is 48.5 Å². The van der Waals surface area contributed by atoms with Gasteiger partial charge in [-0.2, -0.15) is 0 Å². The Balaban J connectivity index is 1.25. The summed E-state index contributed by atoms with van der Waals surface area (Å²) in [6.07, 6.45) is 2.89. The molecule has 0 radical (unpaired) electrons. The van der Waals surface area contributed by atoms with E-state index >= 15 is 0 Å². The van der Waals surface area contributed by atoms with Crippen LogP contribution in [0.15, 0.2) is 67.1 Å². The number of hydrogen-bond donors (Lipinski definition) is 1.